The van der Waals surface area contributed by atoms with Crippen LogP contribution in [0.1, 0.15) is 36.0 Å². The molecular formula is C21H23F2N5O4. The Bertz CT molecular complexity index is 1060. The molecule has 1 aliphatic carbocycles. The molecule has 2 N–H and O–H groups in total. The van der Waals surface area contributed by atoms with Crippen LogP contribution in [0.4, 0.5) is 31.9 Å². The number of hydrogen-bond acceptors (Lipinski definition) is 7. The molecule has 0 bridgehead atoms. The number of halogens is 2. The fourth-order valence-electron chi connectivity index (χ4n) is 4.12. The number of carboxylic acids is 1. The van der Waals surface area contributed by atoms with Crippen molar-refractivity contribution in [1.29, 1.82) is 0 Å². The van der Waals surface area contributed by atoms with Crippen LogP contribution >= 0.6 is 0 Å². The van der Waals surface area contributed by atoms with Gasteiger partial charge in [-0.3, -0.25) is 4.79 Å². The Balaban J connectivity index is 1.75. The molecule has 0 unspecified atom stereocenters. The van der Waals surface area contributed by atoms with Gasteiger partial charge in [-0.25, -0.2) is 9.78 Å². The van der Waals surface area contributed by atoms with Crippen molar-refractivity contribution in [3.63, 3.8) is 0 Å². The van der Waals surface area contributed by atoms with E-state index in [1.807, 2.05) is 0 Å². The van der Waals surface area contributed by atoms with Gasteiger partial charge in [0.05, 0.1) is 31.1 Å². The molecule has 32 heavy (non-hydrogen) atoms. The Morgan fingerprint density at radius 1 is 1.34 bits per heavy atom. The van der Waals surface area contributed by atoms with Gasteiger partial charge >= 0.3 is 11.9 Å². The summed E-state index contributed by atoms with van der Waals surface area (Å²) in [6.07, 6.45) is 4.64. The molecule has 1 aliphatic heterocycles. The Hall–Kier alpha value is -3.50. The minimum absolute atomic E-state index is 0.0548. The summed E-state index contributed by atoms with van der Waals surface area (Å²) < 4.78 is 34.3. The number of ether oxygens (including phenoxy) is 1. The molecule has 0 spiro atoms. The number of hydrogen-bond donors (Lipinski definition) is 2. The number of aromatic carboxylic acids is 1. The summed E-state index contributed by atoms with van der Waals surface area (Å²) in [6, 6.07) is 4.21. The molecule has 1 aromatic carbocycles. The number of aromatic nitrogens is 2. The molecule has 0 atom stereocenters. The first kappa shape index (κ1) is 21.7. The van der Waals surface area contributed by atoms with Gasteiger partial charge in [0.2, 0.25) is 5.95 Å². The van der Waals surface area contributed by atoms with Crippen LogP contribution in [0.15, 0.2) is 24.4 Å². The minimum Gasteiger partial charge on any atom is -0.495 e. The second-order valence-corrected chi connectivity index (χ2v) is 7.88. The predicted octanol–water partition coefficient (Wildman–Crippen LogP) is 3.29. The first-order valence-electron chi connectivity index (χ1n) is 10.2. The minimum atomic E-state index is -3.56. The maximum atomic E-state index is 14.5. The van der Waals surface area contributed by atoms with Gasteiger partial charge in [0, 0.05) is 13.1 Å². The van der Waals surface area contributed by atoms with E-state index in [-0.39, 0.29) is 29.1 Å². The topological polar surface area (TPSA) is 108 Å². The van der Waals surface area contributed by atoms with E-state index >= 15 is 0 Å². The molecule has 11 heteroatoms. The Morgan fingerprint density at radius 3 is 2.72 bits per heavy atom. The van der Waals surface area contributed by atoms with Crippen molar-refractivity contribution in [1.82, 2.24) is 9.97 Å². The number of carbonyl (C=O) groups is 2. The van der Waals surface area contributed by atoms with Crippen molar-refractivity contribution in [2.75, 3.05) is 35.8 Å². The van der Waals surface area contributed by atoms with Crippen LogP contribution in [-0.2, 0) is 4.79 Å². The molecule has 170 valence electrons. The number of nitrogens with one attached hydrogen (secondary N) is 1. The van der Waals surface area contributed by atoms with Gasteiger partial charge in [0.25, 0.3) is 5.91 Å². The van der Waals surface area contributed by atoms with Crippen molar-refractivity contribution in [2.24, 2.45) is 0 Å². The lowest BCUT2D eigenvalue weighted by Gasteiger charge is -2.31. The van der Waals surface area contributed by atoms with Crippen molar-refractivity contribution in [3.8, 4) is 5.75 Å². The van der Waals surface area contributed by atoms with Crippen LogP contribution in [-0.4, -0.2) is 59.6 Å². The van der Waals surface area contributed by atoms with Gasteiger partial charge in [0.1, 0.15) is 11.4 Å². The molecular weight excluding hydrogens is 424 g/mol. The number of rotatable bonds is 5. The average molecular weight is 447 g/mol. The average Bonchev–Trinajstić information content (AvgIpc) is 3.28. The van der Waals surface area contributed by atoms with Crippen molar-refractivity contribution < 1.29 is 28.2 Å². The fraction of sp³-hybridized carbons (Fsp3) is 0.429. The number of anilines is 4. The van der Waals surface area contributed by atoms with Crippen molar-refractivity contribution in [2.45, 2.75) is 37.6 Å². The normalized spacial score (nSPS) is 18.0. The maximum absolute atomic E-state index is 14.5. The summed E-state index contributed by atoms with van der Waals surface area (Å²) >= 11 is 0. The first-order chi connectivity index (χ1) is 15.2. The summed E-state index contributed by atoms with van der Waals surface area (Å²) in [5.41, 5.74) is 0.677. The van der Waals surface area contributed by atoms with Crippen LogP contribution in [0.2, 0.25) is 0 Å². The second-order valence-electron chi connectivity index (χ2n) is 7.88. The van der Waals surface area contributed by atoms with E-state index in [1.54, 1.807) is 18.0 Å². The Morgan fingerprint density at radius 2 is 2.06 bits per heavy atom. The number of carboxylic acid groups (broad SMARTS) is 1. The van der Waals surface area contributed by atoms with Gasteiger partial charge in [-0.05, 0) is 31.0 Å². The van der Waals surface area contributed by atoms with Crippen LogP contribution in [0.5, 0.6) is 5.75 Å². The van der Waals surface area contributed by atoms with Gasteiger partial charge in [-0.1, -0.05) is 12.8 Å². The number of benzene rings is 1. The number of amides is 1. The second kappa shape index (κ2) is 8.21. The summed E-state index contributed by atoms with van der Waals surface area (Å²) in [5.74, 6) is -5.32. The van der Waals surface area contributed by atoms with Crippen LogP contribution in [0.25, 0.3) is 0 Å². The predicted molar refractivity (Wildman–Crippen MR) is 113 cm³/mol. The fourth-order valence-corrected chi connectivity index (χ4v) is 4.12. The van der Waals surface area contributed by atoms with Gasteiger partial charge in [-0.2, -0.15) is 13.8 Å². The number of carbonyl (C=O) groups excluding carboxylic acids is 1. The van der Waals surface area contributed by atoms with Crippen molar-refractivity contribution >= 4 is 35.0 Å². The monoisotopic (exact) mass is 447 g/mol. The molecule has 1 fully saturated rings. The number of nitrogens with zero attached hydrogens (tertiary/aromatic N) is 4. The summed E-state index contributed by atoms with van der Waals surface area (Å²) in [7, 11) is 3.07. The van der Waals surface area contributed by atoms with E-state index < -0.39 is 24.3 Å². The Kier molecular flexibility index (Phi) is 5.57. The zero-order valence-electron chi connectivity index (χ0n) is 17.6. The molecule has 2 aromatic rings. The number of alkyl halides is 2. The smallest absolute Gasteiger partial charge is 0.341 e. The quantitative estimate of drug-likeness (QED) is 0.719. The highest BCUT2D eigenvalue weighted by atomic mass is 19.3. The molecule has 1 aromatic heterocycles. The SMILES string of the molecule is COc1cc(C(=O)O)ccc1N(C)c1ncc2c(n1)N(C1CCCC1)CC(F)(F)C(=O)N2. The zero-order valence-corrected chi connectivity index (χ0v) is 17.6. The van der Waals surface area contributed by atoms with Gasteiger partial charge in [-0.15, -0.1) is 0 Å². The highest BCUT2D eigenvalue weighted by Gasteiger charge is 2.46. The summed E-state index contributed by atoms with van der Waals surface area (Å²) in [6.45, 7) is -0.757. The lowest BCUT2D eigenvalue weighted by atomic mass is 10.2. The van der Waals surface area contributed by atoms with Gasteiger partial charge < -0.3 is 25.0 Å². The highest BCUT2D eigenvalue weighted by Crippen LogP contribution is 2.39. The Labute approximate surface area is 183 Å². The van der Waals surface area contributed by atoms with Crippen LogP contribution in [0.3, 0.4) is 0 Å². The number of fused-ring (bicyclic) bond motifs is 1. The van der Waals surface area contributed by atoms with Crippen molar-refractivity contribution in [3.05, 3.63) is 30.0 Å². The summed E-state index contributed by atoms with van der Waals surface area (Å²) in [5, 5.41) is 11.5. The molecule has 1 saturated carbocycles. The number of methoxy groups -OCH3 is 1. The molecule has 2 heterocycles. The third-order valence-electron chi connectivity index (χ3n) is 5.83. The van der Waals surface area contributed by atoms with E-state index in [0.29, 0.717) is 11.4 Å². The standard InChI is InChI=1S/C21H23F2N5O4/c1-27(15-8-7-12(18(29)30)9-16(15)32-2)20-24-10-14-17(26-20)28(13-5-3-4-6-13)11-21(22,23)19(31)25-14/h7-10,13H,3-6,11H2,1-2H3,(H,25,31)(H,29,30). The molecule has 2 aliphatic rings. The van der Waals surface area contributed by atoms with Crippen LogP contribution in [0, 0.1) is 0 Å². The van der Waals surface area contributed by atoms with Crippen LogP contribution < -0.4 is 19.9 Å². The van der Waals surface area contributed by atoms with E-state index in [9.17, 15) is 23.5 Å². The lowest BCUT2D eigenvalue weighted by Crippen LogP contribution is -2.46. The van der Waals surface area contributed by atoms with E-state index in [2.05, 4.69) is 15.3 Å². The van der Waals surface area contributed by atoms with Gasteiger partial charge in [0.15, 0.2) is 5.82 Å². The third kappa shape index (κ3) is 3.90. The molecule has 0 saturated heterocycles. The van der Waals surface area contributed by atoms with E-state index in [0.717, 1.165) is 25.7 Å². The van der Waals surface area contributed by atoms with E-state index in [1.165, 1.54) is 30.3 Å². The maximum Gasteiger partial charge on any atom is 0.341 e. The molecule has 9 nitrogen and oxygen atoms in total. The lowest BCUT2D eigenvalue weighted by molar-refractivity contribution is -0.138. The molecule has 0 radical (unpaired) electrons. The first-order valence-corrected chi connectivity index (χ1v) is 10.2. The molecule has 4 rings (SSSR count). The largest absolute Gasteiger partial charge is 0.495 e. The zero-order chi connectivity index (χ0) is 23.0. The highest BCUT2D eigenvalue weighted by molar-refractivity contribution is 6.00. The summed E-state index contributed by atoms with van der Waals surface area (Å²) in [4.78, 5) is 35.2. The van der Waals surface area contributed by atoms with E-state index in [4.69, 9.17) is 4.74 Å². The molecule has 1 amide bonds. The third-order valence-corrected chi connectivity index (χ3v) is 5.83.